The highest BCUT2D eigenvalue weighted by Crippen LogP contribution is 2.35. The molecule has 1 heterocycles. The molecule has 1 N–H and O–H groups in total. The highest BCUT2D eigenvalue weighted by atomic mass is 35.5. The molecule has 22 heavy (non-hydrogen) atoms. The van der Waals surface area contributed by atoms with Crippen LogP contribution in [-0.4, -0.2) is 48.0 Å². The minimum absolute atomic E-state index is 0.0308. The SMILES string of the molecule is COC1(C(C)(C)NC(=O)CCl)CCN(Cc2ccccc2)C1. The van der Waals surface area contributed by atoms with Crippen LogP contribution in [0.3, 0.4) is 0 Å². The quantitative estimate of drug-likeness (QED) is 0.817. The van der Waals surface area contributed by atoms with Gasteiger partial charge in [-0.3, -0.25) is 9.69 Å². The van der Waals surface area contributed by atoms with Gasteiger partial charge in [-0.25, -0.2) is 0 Å². The Bertz CT molecular complexity index is 507. The zero-order chi connectivity index (χ0) is 16.2. The minimum Gasteiger partial charge on any atom is -0.374 e. The van der Waals surface area contributed by atoms with Crippen LogP contribution in [0.4, 0.5) is 0 Å². The third-order valence-corrected chi connectivity index (χ3v) is 4.91. The van der Waals surface area contributed by atoms with Crippen LogP contribution in [0.1, 0.15) is 25.8 Å². The second kappa shape index (κ2) is 6.99. The third-order valence-electron chi connectivity index (χ3n) is 4.66. The lowest BCUT2D eigenvalue weighted by atomic mass is 9.81. The monoisotopic (exact) mass is 324 g/mol. The zero-order valence-electron chi connectivity index (χ0n) is 13.6. The average Bonchev–Trinajstić information content (AvgIpc) is 2.93. The van der Waals surface area contributed by atoms with Crippen molar-refractivity contribution in [2.75, 3.05) is 26.1 Å². The molecule has 0 radical (unpaired) electrons. The molecule has 2 rings (SSSR count). The summed E-state index contributed by atoms with van der Waals surface area (Å²) in [5.41, 5.74) is 0.417. The maximum Gasteiger partial charge on any atom is 0.235 e. The molecule has 0 spiro atoms. The Morgan fingerprint density at radius 2 is 2.09 bits per heavy atom. The van der Waals surface area contributed by atoms with Crippen molar-refractivity contribution in [1.29, 1.82) is 0 Å². The van der Waals surface area contributed by atoms with Gasteiger partial charge in [-0.05, 0) is 25.8 Å². The number of ether oxygens (including phenoxy) is 1. The van der Waals surface area contributed by atoms with Crippen LogP contribution in [-0.2, 0) is 16.1 Å². The van der Waals surface area contributed by atoms with Crippen LogP contribution in [0.5, 0.6) is 0 Å². The number of carbonyl (C=O) groups is 1. The minimum atomic E-state index is -0.473. The number of rotatable bonds is 6. The van der Waals surface area contributed by atoms with Crippen LogP contribution in [0.15, 0.2) is 30.3 Å². The average molecular weight is 325 g/mol. The Hall–Kier alpha value is -1.10. The van der Waals surface area contributed by atoms with Gasteiger partial charge in [-0.2, -0.15) is 0 Å². The second-order valence-corrected chi connectivity index (χ2v) is 6.72. The summed E-state index contributed by atoms with van der Waals surface area (Å²) >= 11 is 5.63. The standard InChI is InChI=1S/C17H25ClN2O2/c1-16(2,19-15(21)11-18)17(22-3)9-10-20(13-17)12-14-7-5-4-6-8-14/h4-8H,9-13H2,1-3H3,(H,19,21). The van der Waals surface area contributed by atoms with E-state index in [2.05, 4.69) is 34.5 Å². The first-order chi connectivity index (χ1) is 10.4. The Morgan fingerprint density at radius 1 is 1.41 bits per heavy atom. The van der Waals surface area contributed by atoms with E-state index in [0.717, 1.165) is 26.1 Å². The molecule has 1 aromatic rings. The van der Waals surface area contributed by atoms with Crippen LogP contribution in [0, 0.1) is 0 Å². The number of alkyl halides is 1. The summed E-state index contributed by atoms with van der Waals surface area (Å²) in [6.07, 6.45) is 0.881. The number of amides is 1. The molecule has 4 nitrogen and oxygen atoms in total. The molecule has 1 unspecified atom stereocenters. The van der Waals surface area contributed by atoms with Gasteiger partial charge in [-0.1, -0.05) is 30.3 Å². The maximum atomic E-state index is 11.7. The van der Waals surface area contributed by atoms with Crippen molar-refractivity contribution in [3.63, 3.8) is 0 Å². The first-order valence-corrected chi connectivity index (χ1v) is 8.14. The topological polar surface area (TPSA) is 41.6 Å². The number of hydrogen-bond acceptors (Lipinski definition) is 3. The van der Waals surface area contributed by atoms with Crippen molar-refractivity contribution >= 4 is 17.5 Å². The van der Waals surface area contributed by atoms with Crippen LogP contribution < -0.4 is 5.32 Å². The summed E-state index contributed by atoms with van der Waals surface area (Å²) in [6, 6.07) is 10.4. The molecule has 0 bridgehead atoms. The van der Waals surface area contributed by atoms with Gasteiger partial charge in [0.15, 0.2) is 0 Å². The van der Waals surface area contributed by atoms with E-state index in [1.807, 2.05) is 19.9 Å². The largest absolute Gasteiger partial charge is 0.374 e. The molecule has 0 aromatic heterocycles. The van der Waals surface area contributed by atoms with Gasteiger partial charge in [0.2, 0.25) is 5.91 Å². The predicted molar refractivity (Wildman–Crippen MR) is 89.0 cm³/mol. The fourth-order valence-electron chi connectivity index (χ4n) is 3.26. The molecule has 122 valence electrons. The highest BCUT2D eigenvalue weighted by molar-refractivity contribution is 6.27. The van der Waals surface area contributed by atoms with Crippen LogP contribution >= 0.6 is 11.6 Å². The van der Waals surface area contributed by atoms with Gasteiger partial charge in [0, 0.05) is 26.7 Å². The molecule has 0 saturated carbocycles. The Morgan fingerprint density at radius 3 is 2.68 bits per heavy atom. The number of nitrogens with zero attached hydrogens (tertiary/aromatic N) is 1. The lowest BCUT2D eigenvalue weighted by molar-refractivity contribution is -0.126. The van der Waals surface area contributed by atoms with E-state index >= 15 is 0 Å². The van der Waals surface area contributed by atoms with Gasteiger partial charge in [0.05, 0.1) is 5.54 Å². The van der Waals surface area contributed by atoms with E-state index in [1.54, 1.807) is 7.11 Å². The van der Waals surface area contributed by atoms with Gasteiger partial charge in [0.25, 0.3) is 0 Å². The fourth-order valence-corrected chi connectivity index (χ4v) is 3.33. The van der Waals surface area contributed by atoms with Gasteiger partial charge in [0.1, 0.15) is 11.5 Å². The van der Waals surface area contributed by atoms with Crippen molar-refractivity contribution in [3.8, 4) is 0 Å². The lowest BCUT2D eigenvalue weighted by Gasteiger charge is -2.43. The molecular formula is C17H25ClN2O2. The normalized spacial score (nSPS) is 22.7. The Labute approximate surface area is 137 Å². The molecule has 1 atom stereocenters. The van der Waals surface area contributed by atoms with Crippen molar-refractivity contribution < 1.29 is 9.53 Å². The van der Waals surface area contributed by atoms with Gasteiger partial charge >= 0.3 is 0 Å². The number of benzene rings is 1. The zero-order valence-corrected chi connectivity index (χ0v) is 14.3. The molecule has 1 aliphatic rings. The predicted octanol–water partition coefficient (Wildman–Crippen LogP) is 2.41. The summed E-state index contributed by atoms with van der Waals surface area (Å²) in [7, 11) is 1.72. The van der Waals surface area contributed by atoms with Crippen molar-refractivity contribution in [1.82, 2.24) is 10.2 Å². The van der Waals surface area contributed by atoms with Crippen LogP contribution in [0.2, 0.25) is 0 Å². The molecule has 1 aromatic carbocycles. The number of likely N-dealkylation sites (tertiary alicyclic amines) is 1. The summed E-state index contributed by atoms with van der Waals surface area (Å²) in [5.74, 6) is -0.193. The van der Waals surface area contributed by atoms with E-state index in [4.69, 9.17) is 16.3 Å². The Balaban J connectivity index is 2.07. The molecule has 0 aliphatic carbocycles. The highest BCUT2D eigenvalue weighted by Gasteiger charge is 2.50. The lowest BCUT2D eigenvalue weighted by Crippen LogP contribution is -2.63. The molecule has 1 aliphatic heterocycles. The first-order valence-electron chi connectivity index (χ1n) is 7.61. The van der Waals surface area contributed by atoms with E-state index < -0.39 is 11.1 Å². The third kappa shape index (κ3) is 3.62. The molecule has 1 saturated heterocycles. The number of methoxy groups -OCH3 is 1. The van der Waals surface area contributed by atoms with Crippen LogP contribution in [0.25, 0.3) is 0 Å². The molecular weight excluding hydrogens is 300 g/mol. The smallest absolute Gasteiger partial charge is 0.235 e. The first kappa shape index (κ1) is 17.3. The summed E-state index contributed by atoms with van der Waals surface area (Å²) in [4.78, 5) is 14.1. The van der Waals surface area contributed by atoms with Gasteiger partial charge in [-0.15, -0.1) is 11.6 Å². The molecule has 5 heteroatoms. The molecule has 1 amide bonds. The maximum absolute atomic E-state index is 11.7. The van der Waals surface area contributed by atoms with E-state index in [1.165, 1.54) is 5.56 Å². The van der Waals surface area contributed by atoms with E-state index in [-0.39, 0.29) is 11.8 Å². The Kier molecular flexibility index (Phi) is 5.48. The summed E-state index contributed by atoms with van der Waals surface area (Å²) in [6.45, 7) is 6.64. The van der Waals surface area contributed by atoms with Crippen molar-refractivity contribution in [2.24, 2.45) is 0 Å². The number of halogens is 1. The second-order valence-electron chi connectivity index (χ2n) is 6.45. The number of hydrogen-bond donors (Lipinski definition) is 1. The fraction of sp³-hybridized carbons (Fsp3) is 0.588. The summed E-state index contributed by atoms with van der Waals surface area (Å²) in [5, 5.41) is 3.00. The van der Waals surface area contributed by atoms with Gasteiger partial charge < -0.3 is 10.1 Å². The number of carbonyl (C=O) groups excluding carboxylic acids is 1. The van der Waals surface area contributed by atoms with E-state index in [0.29, 0.717) is 0 Å². The van der Waals surface area contributed by atoms with Crippen molar-refractivity contribution in [2.45, 2.75) is 38.0 Å². The van der Waals surface area contributed by atoms with E-state index in [9.17, 15) is 4.79 Å². The van der Waals surface area contributed by atoms with Crippen molar-refractivity contribution in [3.05, 3.63) is 35.9 Å². The summed E-state index contributed by atoms with van der Waals surface area (Å²) < 4.78 is 5.88. The molecule has 1 fully saturated rings. The number of nitrogens with one attached hydrogen (secondary N) is 1.